The van der Waals surface area contributed by atoms with Crippen LogP contribution in [0.4, 0.5) is 11.5 Å². The Balaban J connectivity index is 1.75. The largest absolute Gasteiger partial charge is 0.360 e. The molecule has 2 N–H and O–H groups in total. The molecule has 0 atom stereocenters. The third-order valence-electron chi connectivity index (χ3n) is 3.25. The Labute approximate surface area is 148 Å². The van der Waals surface area contributed by atoms with Crippen molar-refractivity contribution in [3.8, 4) is 0 Å². The lowest BCUT2D eigenvalue weighted by Gasteiger charge is -2.08. The number of aromatic nitrogens is 2. The van der Waals surface area contributed by atoms with Crippen LogP contribution < -0.4 is 10.6 Å². The van der Waals surface area contributed by atoms with Crippen LogP contribution in [-0.4, -0.2) is 22.0 Å². The van der Waals surface area contributed by atoms with E-state index >= 15 is 0 Å². The Hall–Kier alpha value is -3.19. The second-order valence-electron chi connectivity index (χ2n) is 5.14. The number of carbonyl (C=O) groups is 2. The van der Waals surface area contributed by atoms with Crippen molar-refractivity contribution in [3.05, 3.63) is 70.7 Å². The third-order valence-corrected chi connectivity index (χ3v) is 3.58. The van der Waals surface area contributed by atoms with Crippen LogP contribution in [0.1, 0.15) is 26.6 Å². The van der Waals surface area contributed by atoms with Crippen molar-refractivity contribution in [2.24, 2.45) is 0 Å². The van der Waals surface area contributed by atoms with E-state index in [4.69, 9.17) is 16.1 Å². The highest BCUT2D eigenvalue weighted by atomic mass is 35.5. The van der Waals surface area contributed by atoms with Gasteiger partial charge in [-0.25, -0.2) is 0 Å². The van der Waals surface area contributed by atoms with Gasteiger partial charge in [0.1, 0.15) is 11.5 Å². The van der Waals surface area contributed by atoms with Gasteiger partial charge in [-0.15, -0.1) is 0 Å². The lowest BCUT2D eigenvalue weighted by atomic mass is 10.2. The number of rotatable bonds is 4. The molecule has 0 saturated carbocycles. The number of anilines is 2. The highest BCUT2D eigenvalue weighted by Crippen LogP contribution is 2.21. The maximum atomic E-state index is 12.3. The van der Waals surface area contributed by atoms with E-state index in [0.717, 1.165) is 0 Å². The van der Waals surface area contributed by atoms with Crippen LogP contribution in [0, 0.1) is 6.92 Å². The summed E-state index contributed by atoms with van der Waals surface area (Å²) in [5, 5.41) is 9.33. The molecule has 0 unspecified atom stereocenters. The molecule has 0 saturated heterocycles. The van der Waals surface area contributed by atoms with Gasteiger partial charge < -0.3 is 15.2 Å². The van der Waals surface area contributed by atoms with Gasteiger partial charge in [0.15, 0.2) is 5.82 Å². The van der Waals surface area contributed by atoms with Crippen molar-refractivity contribution in [1.29, 1.82) is 0 Å². The predicted molar refractivity (Wildman–Crippen MR) is 92.8 cm³/mol. The molecule has 0 aliphatic heterocycles. The molecule has 2 aromatic heterocycles. The minimum Gasteiger partial charge on any atom is -0.360 e. The average Bonchev–Trinajstić information content (AvgIpc) is 3.02. The molecule has 7 nitrogen and oxygen atoms in total. The molecule has 8 heteroatoms. The summed E-state index contributed by atoms with van der Waals surface area (Å²) in [6, 6.07) is 11.3. The summed E-state index contributed by atoms with van der Waals surface area (Å²) in [4.78, 5) is 28.5. The summed E-state index contributed by atoms with van der Waals surface area (Å²) in [5.74, 6) is -0.0612. The number of nitrogens with one attached hydrogen (secondary N) is 2. The van der Waals surface area contributed by atoms with Gasteiger partial charge in [-0.05, 0) is 31.2 Å². The van der Waals surface area contributed by atoms with E-state index in [1.807, 2.05) is 0 Å². The molecule has 126 valence electrons. The molecular formula is C17H13ClN4O3. The number of aryl methyl sites for hydroxylation is 1. The van der Waals surface area contributed by atoms with E-state index in [-0.39, 0.29) is 17.1 Å². The standard InChI is InChI=1S/C17H13ClN4O3/c1-10-8-15(22-25-10)21-17(24)14-9-11(6-7-19-14)16(23)20-13-5-3-2-4-12(13)18/h2-9H,1H3,(H,20,23)(H,21,22,24). The first-order valence-electron chi connectivity index (χ1n) is 7.29. The van der Waals surface area contributed by atoms with Gasteiger partial charge in [-0.1, -0.05) is 28.9 Å². The Morgan fingerprint density at radius 3 is 2.60 bits per heavy atom. The number of carbonyl (C=O) groups excluding carboxylic acids is 2. The monoisotopic (exact) mass is 356 g/mol. The molecule has 3 rings (SSSR count). The summed E-state index contributed by atoms with van der Waals surface area (Å²) in [6.07, 6.45) is 1.38. The van der Waals surface area contributed by atoms with Crippen molar-refractivity contribution < 1.29 is 14.1 Å². The van der Waals surface area contributed by atoms with Gasteiger partial charge >= 0.3 is 0 Å². The third kappa shape index (κ3) is 4.02. The lowest BCUT2D eigenvalue weighted by Crippen LogP contribution is -2.17. The molecule has 0 spiro atoms. The van der Waals surface area contributed by atoms with E-state index in [9.17, 15) is 9.59 Å². The van der Waals surface area contributed by atoms with Gasteiger partial charge in [-0.2, -0.15) is 0 Å². The van der Waals surface area contributed by atoms with Gasteiger partial charge in [0.2, 0.25) is 0 Å². The maximum absolute atomic E-state index is 12.3. The Kier molecular flexibility index (Phi) is 4.76. The van der Waals surface area contributed by atoms with Crippen molar-refractivity contribution >= 4 is 34.9 Å². The smallest absolute Gasteiger partial charge is 0.275 e. The van der Waals surface area contributed by atoms with Crippen LogP contribution in [0.15, 0.2) is 53.2 Å². The number of nitrogens with zero attached hydrogens (tertiary/aromatic N) is 2. The molecular weight excluding hydrogens is 344 g/mol. The summed E-state index contributed by atoms with van der Waals surface area (Å²) in [7, 11) is 0. The zero-order chi connectivity index (χ0) is 17.8. The van der Waals surface area contributed by atoms with E-state index in [2.05, 4.69) is 20.8 Å². The summed E-state index contributed by atoms with van der Waals surface area (Å²) < 4.78 is 4.88. The Morgan fingerprint density at radius 2 is 1.88 bits per heavy atom. The lowest BCUT2D eigenvalue weighted by molar-refractivity contribution is 0.102. The zero-order valence-electron chi connectivity index (χ0n) is 13.1. The first-order valence-corrected chi connectivity index (χ1v) is 7.67. The highest BCUT2D eigenvalue weighted by Gasteiger charge is 2.14. The second kappa shape index (κ2) is 7.14. The summed E-state index contributed by atoms with van der Waals surface area (Å²) in [6.45, 7) is 1.71. The molecule has 0 aliphatic carbocycles. The summed E-state index contributed by atoms with van der Waals surface area (Å²) >= 11 is 6.02. The highest BCUT2D eigenvalue weighted by molar-refractivity contribution is 6.33. The van der Waals surface area contributed by atoms with Crippen molar-refractivity contribution in [2.75, 3.05) is 10.6 Å². The van der Waals surface area contributed by atoms with Crippen LogP contribution in [0.25, 0.3) is 0 Å². The van der Waals surface area contributed by atoms with Gasteiger partial charge in [0.25, 0.3) is 11.8 Å². The van der Waals surface area contributed by atoms with Gasteiger partial charge in [-0.3, -0.25) is 14.6 Å². The molecule has 2 amide bonds. The van der Waals surface area contributed by atoms with Crippen LogP contribution in [-0.2, 0) is 0 Å². The molecule has 25 heavy (non-hydrogen) atoms. The number of para-hydroxylation sites is 1. The number of pyridine rings is 1. The number of benzene rings is 1. The normalized spacial score (nSPS) is 10.3. The van der Waals surface area contributed by atoms with Crippen LogP contribution in [0.2, 0.25) is 5.02 Å². The first-order chi connectivity index (χ1) is 12.0. The fourth-order valence-corrected chi connectivity index (χ4v) is 2.24. The minimum absolute atomic E-state index is 0.0764. The fraction of sp³-hybridized carbons (Fsp3) is 0.0588. The zero-order valence-corrected chi connectivity index (χ0v) is 13.9. The van der Waals surface area contributed by atoms with Gasteiger partial charge in [0, 0.05) is 17.8 Å². The van der Waals surface area contributed by atoms with Crippen LogP contribution >= 0.6 is 11.6 Å². The van der Waals surface area contributed by atoms with Crippen LogP contribution in [0.3, 0.4) is 0 Å². The number of halogens is 1. The molecule has 0 fully saturated rings. The molecule has 3 aromatic rings. The van der Waals surface area contributed by atoms with Crippen molar-refractivity contribution in [1.82, 2.24) is 10.1 Å². The molecule has 0 aliphatic rings. The number of amides is 2. The molecule has 0 bridgehead atoms. The van der Waals surface area contributed by atoms with Crippen LogP contribution in [0.5, 0.6) is 0 Å². The first kappa shape index (κ1) is 16.7. The molecule has 0 radical (unpaired) electrons. The second-order valence-corrected chi connectivity index (χ2v) is 5.55. The Bertz CT molecular complexity index is 939. The number of hydrogen-bond donors (Lipinski definition) is 2. The molecule has 1 aromatic carbocycles. The summed E-state index contributed by atoms with van der Waals surface area (Å²) in [5.41, 5.74) is 0.832. The van der Waals surface area contributed by atoms with Gasteiger partial charge in [0.05, 0.1) is 10.7 Å². The number of hydrogen-bond acceptors (Lipinski definition) is 5. The average molecular weight is 357 g/mol. The SMILES string of the molecule is Cc1cc(NC(=O)c2cc(C(=O)Nc3ccccc3Cl)ccn2)no1. The maximum Gasteiger partial charge on any atom is 0.275 e. The van der Waals surface area contributed by atoms with E-state index in [0.29, 0.717) is 16.5 Å². The topological polar surface area (TPSA) is 97.1 Å². The van der Waals surface area contributed by atoms with Crippen molar-refractivity contribution in [3.63, 3.8) is 0 Å². The predicted octanol–water partition coefficient (Wildman–Crippen LogP) is 3.54. The van der Waals surface area contributed by atoms with E-state index in [1.165, 1.54) is 18.3 Å². The molecule has 2 heterocycles. The van der Waals surface area contributed by atoms with E-state index < -0.39 is 11.8 Å². The quantitative estimate of drug-likeness (QED) is 0.745. The van der Waals surface area contributed by atoms with Crippen molar-refractivity contribution in [2.45, 2.75) is 6.92 Å². The minimum atomic E-state index is -0.499. The fourth-order valence-electron chi connectivity index (χ4n) is 2.06. The Morgan fingerprint density at radius 1 is 1.08 bits per heavy atom. The van der Waals surface area contributed by atoms with E-state index in [1.54, 1.807) is 37.3 Å².